The van der Waals surface area contributed by atoms with Crippen molar-refractivity contribution >= 4 is 5.91 Å². The van der Waals surface area contributed by atoms with Gasteiger partial charge in [-0.3, -0.25) is 14.7 Å². The highest BCUT2D eigenvalue weighted by molar-refractivity contribution is 5.78. The lowest BCUT2D eigenvalue weighted by Crippen LogP contribution is -2.40. The van der Waals surface area contributed by atoms with Gasteiger partial charge in [-0.05, 0) is 64.0 Å². The molecule has 0 bridgehead atoms. The molecule has 1 fully saturated rings. The van der Waals surface area contributed by atoms with Crippen LogP contribution in [0, 0.1) is 19.8 Å². The van der Waals surface area contributed by atoms with E-state index in [2.05, 4.69) is 44.4 Å². The zero-order chi connectivity index (χ0) is 24.9. The third-order valence-corrected chi connectivity index (χ3v) is 6.53. The van der Waals surface area contributed by atoms with Crippen LogP contribution in [0.4, 0.5) is 0 Å². The van der Waals surface area contributed by atoms with Crippen LogP contribution in [0.2, 0.25) is 0 Å². The summed E-state index contributed by atoms with van der Waals surface area (Å²) in [6.07, 6.45) is 5.53. The number of likely N-dealkylation sites (tertiary alicyclic amines) is 1. The van der Waals surface area contributed by atoms with Gasteiger partial charge in [-0.15, -0.1) is 0 Å². The Kier molecular flexibility index (Phi) is 7.18. The molecule has 0 aliphatic carbocycles. The van der Waals surface area contributed by atoms with Gasteiger partial charge < -0.3 is 14.3 Å². The second kappa shape index (κ2) is 10.8. The molecule has 1 aliphatic heterocycles. The van der Waals surface area contributed by atoms with Crippen LogP contribution in [-0.4, -0.2) is 50.5 Å². The predicted molar refractivity (Wildman–Crippen MR) is 134 cm³/mol. The first kappa shape index (κ1) is 23.9. The quantitative estimate of drug-likeness (QED) is 0.398. The number of oxazole rings is 1. The van der Waals surface area contributed by atoms with Crippen molar-refractivity contribution in [3.05, 3.63) is 71.6 Å². The summed E-state index contributed by atoms with van der Waals surface area (Å²) in [5.41, 5.74) is 3.96. The fraction of sp³-hybridized carbons (Fsp3) is 0.370. The highest BCUT2D eigenvalue weighted by Gasteiger charge is 2.26. The van der Waals surface area contributed by atoms with Crippen LogP contribution in [-0.2, 0) is 17.8 Å². The van der Waals surface area contributed by atoms with Gasteiger partial charge in [0.25, 0.3) is 5.89 Å². The molecule has 0 spiro atoms. The van der Waals surface area contributed by atoms with Crippen molar-refractivity contribution in [2.45, 2.75) is 39.7 Å². The summed E-state index contributed by atoms with van der Waals surface area (Å²) in [7, 11) is 0. The summed E-state index contributed by atoms with van der Waals surface area (Å²) in [5, 5.41) is 7.04. The van der Waals surface area contributed by atoms with Crippen molar-refractivity contribution in [3.8, 4) is 22.9 Å². The van der Waals surface area contributed by atoms with Crippen molar-refractivity contribution in [3.63, 3.8) is 0 Å². The zero-order valence-electron chi connectivity index (χ0n) is 20.6. The van der Waals surface area contributed by atoms with Gasteiger partial charge in [0, 0.05) is 48.9 Å². The Morgan fingerprint density at radius 3 is 2.64 bits per heavy atom. The lowest BCUT2D eigenvalue weighted by atomic mass is 9.95. The summed E-state index contributed by atoms with van der Waals surface area (Å²) in [5.74, 6) is 2.64. The molecule has 9 heteroatoms. The van der Waals surface area contributed by atoms with E-state index in [1.54, 1.807) is 12.4 Å². The Hall–Kier alpha value is -3.85. The molecule has 1 amide bonds. The predicted octanol–water partition coefficient (Wildman–Crippen LogP) is 3.97. The number of aromatic nitrogens is 4. The van der Waals surface area contributed by atoms with Crippen LogP contribution in [0.5, 0.6) is 0 Å². The monoisotopic (exact) mass is 486 g/mol. The number of amides is 1. The number of carbonyl (C=O) groups is 1. The molecule has 0 atom stereocenters. The highest BCUT2D eigenvalue weighted by atomic mass is 16.5. The van der Waals surface area contributed by atoms with Crippen LogP contribution in [0.1, 0.15) is 35.7 Å². The number of nitrogens with one attached hydrogen (secondary N) is 1. The molecule has 186 valence electrons. The van der Waals surface area contributed by atoms with Crippen LogP contribution in [0.25, 0.3) is 22.9 Å². The number of aryl methyl sites for hydroxylation is 2. The number of hydrogen-bond acceptors (Lipinski definition) is 8. The third kappa shape index (κ3) is 5.68. The summed E-state index contributed by atoms with van der Waals surface area (Å²) >= 11 is 0. The number of benzene rings is 1. The first-order chi connectivity index (χ1) is 17.5. The Labute approximate surface area is 210 Å². The minimum atomic E-state index is 0.0140. The van der Waals surface area contributed by atoms with E-state index < -0.39 is 0 Å². The second-order valence-electron chi connectivity index (χ2n) is 9.23. The van der Waals surface area contributed by atoms with Gasteiger partial charge in [0.2, 0.25) is 11.8 Å². The van der Waals surface area contributed by atoms with E-state index in [1.165, 1.54) is 5.56 Å². The van der Waals surface area contributed by atoms with E-state index in [0.717, 1.165) is 55.1 Å². The highest BCUT2D eigenvalue weighted by Crippen LogP contribution is 2.25. The smallest absolute Gasteiger partial charge is 0.258 e. The largest absolute Gasteiger partial charge is 0.441 e. The number of pyridine rings is 1. The average molecular weight is 487 g/mol. The molecule has 9 nitrogen and oxygen atoms in total. The third-order valence-electron chi connectivity index (χ3n) is 6.53. The van der Waals surface area contributed by atoms with E-state index in [-0.39, 0.29) is 11.8 Å². The number of piperidine rings is 1. The van der Waals surface area contributed by atoms with Crippen LogP contribution in [0.3, 0.4) is 0 Å². The maximum Gasteiger partial charge on any atom is 0.258 e. The average Bonchev–Trinajstić information content (AvgIpc) is 3.52. The lowest BCUT2D eigenvalue weighted by molar-refractivity contribution is -0.126. The summed E-state index contributed by atoms with van der Waals surface area (Å²) in [6, 6.07) is 11.8. The molecule has 3 aromatic heterocycles. The number of carbonyl (C=O) groups excluding carboxylic acids is 1. The molecule has 5 rings (SSSR count). The normalized spacial score (nSPS) is 14.7. The van der Waals surface area contributed by atoms with E-state index in [9.17, 15) is 4.79 Å². The van der Waals surface area contributed by atoms with Crippen LogP contribution >= 0.6 is 0 Å². The summed E-state index contributed by atoms with van der Waals surface area (Å²) in [6.45, 7) is 6.94. The second-order valence-corrected chi connectivity index (χ2v) is 9.23. The van der Waals surface area contributed by atoms with Crippen molar-refractivity contribution < 1.29 is 13.7 Å². The summed E-state index contributed by atoms with van der Waals surface area (Å²) < 4.78 is 11.2. The SMILES string of the molecule is Cc1cccc(-c2nc(CN3CCC(C(=O)NCCc4noc(-c5ccncc5)n4)CC3)c(C)o2)c1. The van der Waals surface area contributed by atoms with E-state index in [0.29, 0.717) is 30.6 Å². The first-order valence-corrected chi connectivity index (χ1v) is 12.3. The molecule has 0 unspecified atom stereocenters. The van der Waals surface area contributed by atoms with E-state index in [1.807, 2.05) is 31.2 Å². The molecular weight excluding hydrogens is 456 g/mol. The molecule has 0 saturated carbocycles. The molecule has 0 radical (unpaired) electrons. The van der Waals surface area contributed by atoms with Gasteiger partial charge in [0.15, 0.2) is 5.82 Å². The fourth-order valence-corrected chi connectivity index (χ4v) is 4.45. The molecule has 4 aromatic rings. The van der Waals surface area contributed by atoms with Crippen molar-refractivity contribution in [2.75, 3.05) is 19.6 Å². The van der Waals surface area contributed by atoms with Gasteiger partial charge in [-0.1, -0.05) is 22.9 Å². The van der Waals surface area contributed by atoms with Crippen molar-refractivity contribution in [2.24, 2.45) is 5.92 Å². The maximum atomic E-state index is 12.7. The van der Waals surface area contributed by atoms with Gasteiger partial charge in [0.05, 0.1) is 5.69 Å². The molecule has 1 aromatic carbocycles. The molecule has 1 saturated heterocycles. The van der Waals surface area contributed by atoms with E-state index >= 15 is 0 Å². The number of hydrogen-bond donors (Lipinski definition) is 1. The Bertz CT molecular complexity index is 1310. The standard InChI is InChI=1S/C27H30N6O3/c1-18-4-3-5-22(16-18)26-30-23(19(2)35-26)17-33-14-9-20(10-15-33)25(34)29-13-8-24-31-27(36-32-24)21-6-11-28-12-7-21/h3-7,11-12,16,20H,8-10,13-15,17H2,1-2H3,(H,29,34). The molecule has 1 aliphatic rings. The van der Waals surface area contributed by atoms with Crippen molar-refractivity contribution in [1.82, 2.24) is 30.3 Å². The van der Waals surface area contributed by atoms with Gasteiger partial charge in [0.1, 0.15) is 5.76 Å². The molecule has 36 heavy (non-hydrogen) atoms. The Morgan fingerprint density at radius 1 is 1.06 bits per heavy atom. The number of rotatable bonds is 8. The van der Waals surface area contributed by atoms with E-state index in [4.69, 9.17) is 13.9 Å². The Balaban J connectivity index is 1.07. The molecular formula is C27H30N6O3. The minimum absolute atomic E-state index is 0.0140. The fourth-order valence-electron chi connectivity index (χ4n) is 4.45. The Morgan fingerprint density at radius 2 is 1.86 bits per heavy atom. The molecule has 4 heterocycles. The topological polar surface area (TPSA) is 110 Å². The lowest BCUT2D eigenvalue weighted by Gasteiger charge is -2.30. The van der Waals surface area contributed by atoms with Gasteiger partial charge in [-0.25, -0.2) is 4.98 Å². The maximum absolute atomic E-state index is 12.7. The van der Waals surface area contributed by atoms with Gasteiger partial charge in [-0.2, -0.15) is 4.98 Å². The zero-order valence-corrected chi connectivity index (χ0v) is 20.6. The van der Waals surface area contributed by atoms with Crippen molar-refractivity contribution in [1.29, 1.82) is 0 Å². The van der Waals surface area contributed by atoms with Crippen LogP contribution < -0.4 is 5.32 Å². The van der Waals surface area contributed by atoms with Crippen LogP contribution in [0.15, 0.2) is 57.7 Å². The van der Waals surface area contributed by atoms with Gasteiger partial charge >= 0.3 is 0 Å². The molecule has 1 N–H and O–H groups in total. The number of nitrogens with zero attached hydrogens (tertiary/aromatic N) is 5. The first-order valence-electron chi connectivity index (χ1n) is 12.3. The minimum Gasteiger partial charge on any atom is -0.441 e. The summed E-state index contributed by atoms with van der Waals surface area (Å²) in [4.78, 5) is 28.2.